The monoisotopic (exact) mass is 520 g/mol. The molecule has 0 bridgehead atoms. The Bertz CT molecular complexity index is 1610. The molecule has 0 spiro atoms. The number of anilines is 3. The van der Waals surface area contributed by atoms with E-state index in [4.69, 9.17) is 11.5 Å². The Balaban J connectivity index is 2.05. The molecule has 0 saturated carbocycles. The van der Waals surface area contributed by atoms with Crippen molar-refractivity contribution < 1.29 is 26.3 Å². The molecule has 190 valence electrons. The first kappa shape index (κ1) is 25.2. The van der Waals surface area contributed by atoms with Gasteiger partial charge in [-0.2, -0.15) is 28.4 Å². The number of halogens is 6. The standard InChI is InChI=1S/C22H14F6N8O/c23-9-1-2-15-13(6-9)20(37)36(12-4-10(24)3-11(25)5-12)19(33-15)16(7-22(26,27)28)32-18-14(8-29)17(30)34-21(31)35-18/h1-6,16H,7H2,(H5,30,31,32,34,35)/t16-/m0/s1. The van der Waals surface area contributed by atoms with E-state index < -0.39 is 76.3 Å². The highest BCUT2D eigenvalue weighted by atomic mass is 19.4. The fourth-order valence-electron chi connectivity index (χ4n) is 3.64. The van der Waals surface area contributed by atoms with Gasteiger partial charge in [0.25, 0.3) is 5.56 Å². The van der Waals surface area contributed by atoms with Crippen LogP contribution in [0.15, 0.2) is 41.2 Å². The van der Waals surface area contributed by atoms with Crippen molar-refractivity contribution in [3.05, 3.63) is 75.6 Å². The van der Waals surface area contributed by atoms with E-state index in [1.54, 1.807) is 6.07 Å². The number of benzene rings is 2. The number of nitrogen functional groups attached to an aromatic ring is 2. The molecule has 0 aliphatic heterocycles. The summed E-state index contributed by atoms with van der Waals surface area (Å²) in [6.07, 6.45) is -6.58. The van der Waals surface area contributed by atoms with Crippen LogP contribution in [0.4, 0.5) is 43.9 Å². The topological polar surface area (TPSA) is 149 Å². The van der Waals surface area contributed by atoms with Crippen LogP contribution in [0, 0.1) is 28.8 Å². The lowest BCUT2D eigenvalue weighted by atomic mass is 10.1. The largest absolute Gasteiger partial charge is 0.391 e. The van der Waals surface area contributed by atoms with Crippen LogP contribution in [0.25, 0.3) is 16.6 Å². The molecular formula is C22H14F6N8O. The summed E-state index contributed by atoms with van der Waals surface area (Å²) in [5, 5.41) is 11.4. The molecule has 2 aromatic carbocycles. The van der Waals surface area contributed by atoms with Gasteiger partial charge >= 0.3 is 6.18 Å². The number of hydrogen-bond donors (Lipinski definition) is 3. The van der Waals surface area contributed by atoms with E-state index in [-0.39, 0.29) is 10.9 Å². The normalized spacial score (nSPS) is 12.4. The molecule has 2 heterocycles. The van der Waals surface area contributed by atoms with Gasteiger partial charge in [-0.15, -0.1) is 0 Å². The minimum Gasteiger partial charge on any atom is -0.382 e. The second-order valence-electron chi connectivity index (χ2n) is 7.72. The van der Waals surface area contributed by atoms with Gasteiger partial charge in [-0.05, 0) is 30.3 Å². The first-order valence-corrected chi connectivity index (χ1v) is 10.2. The third-order valence-corrected chi connectivity index (χ3v) is 5.09. The quantitative estimate of drug-likeness (QED) is 0.337. The highest BCUT2D eigenvalue weighted by molar-refractivity contribution is 5.78. The van der Waals surface area contributed by atoms with Gasteiger partial charge in [0.1, 0.15) is 40.7 Å². The van der Waals surface area contributed by atoms with E-state index in [0.29, 0.717) is 22.8 Å². The summed E-state index contributed by atoms with van der Waals surface area (Å²) in [6, 6.07) is 4.29. The van der Waals surface area contributed by atoms with Crippen LogP contribution in [0.3, 0.4) is 0 Å². The molecule has 5 N–H and O–H groups in total. The Morgan fingerprint density at radius 3 is 2.30 bits per heavy atom. The second-order valence-corrected chi connectivity index (χ2v) is 7.72. The summed E-state index contributed by atoms with van der Waals surface area (Å²) in [5.41, 5.74) is 8.88. The summed E-state index contributed by atoms with van der Waals surface area (Å²) >= 11 is 0. The maximum absolute atomic E-state index is 14.0. The number of hydrogen-bond acceptors (Lipinski definition) is 8. The maximum atomic E-state index is 14.0. The molecule has 9 nitrogen and oxygen atoms in total. The fraction of sp³-hybridized carbons (Fsp3) is 0.136. The first-order chi connectivity index (χ1) is 17.4. The number of alkyl halides is 3. The van der Waals surface area contributed by atoms with Crippen molar-refractivity contribution in [2.24, 2.45) is 0 Å². The molecule has 0 unspecified atom stereocenters. The van der Waals surface area contributed by atoms with Crippen molar-refractivity contribution in [2.45, 2.75) is 18.6 Å². The van der Waals surface area contributed by atoms with Crippen LogP contribution in [0.2, 0.25) is 0 Å². The zero-order chi connectivity index (χ0) is 27.1. The van der Waals surface area contributed by atoms with Gasteiger partial charge in [0.15, 0.2) is 5.82 Å². The zero-order valence-corrected chi connectivity index (χ0v) is 18.3. The van der Waals surface area contributed by atoms with Crippen LogP contribution in [-0.4, -0.2) is 25.7 Å². The van der Waals surface area contributed by atoms with E-state index in [2.05, 4.69) is 20.3 Å². The van der Waals surface area contributed by atoms with Crippen LogP contribution >= 0.6 is 0 Å². The minimum atomic E-state index is -4.89. The lowest BCUT2D eigenvalue weighted by molar-refractivity contribution is -0.137. The predicted octanol–water partition coefficient (Wildman–Crippen LogP) is 3.73. The SMILES string of the molecule is N#Cc1c(N)nc(N)nc1N[C@@H](CC(F)(F)F)c1nc2ccc(F)cc2c(=O)n1-c1cc(F)cc(F)c1. The minimum absolute atomic E-state index is 0.203. The lowest BCUT2D eigenvalue weighted by Crippen LogP contribution is -2.31. The van der Waals surface area contributed by atoms with Gasteiger partial charge in [-0.1, -0.05) is 0 Å². The fourth-order valence-corrected chi connectivity index (χ4v) is 3.64. The van der Waals surface area contributed by atoms with Crippen molar-refractivity contribution in [2.75, 3.05) is 16.8 Å². The van der Waals surface area contributed by atoms with Gasteiger partial charge in [-0.25, -0.2) is 18.2 Å². The summed E-state index contributed by atoms with van der Waals surface area (Å²) in [4.78, 5) is 24.8. The van der Waals surface area contributed by atoms with Crippen LogP contribution < -0.4 is 22.3 Å². The Morgan fingerprint density at radius 2 is 1.68 bits per heavy atom. The van der Waals surface area contributed by atoms with Gasteiger partial charge in [0, 0.05) is 6.07 Å². The Kier molecular flexibility index (Phi) is 6.34. The third-order valence-electron chi connectivity index (χ3n) is 5.09. The number of nitrogens with zero attached hydrogens (tertiary/aromatic N) is 5. The van der Waals surface area contributed by atoms with E-state index >= 15 is 0 Å². The average molecular weight is 520 g/mol. The number of fused-ring (bicyclic) bond motifs is 1. The van der Waals surface area contributed by atoms with Crippen LogP contribution in [-0.2, 0) is 0 Å². The van der Waals surface area contributed by atoms with Crippen molar-refractivity contribution in [3.8, 4) is 11.8 Å². The molecular weight excluding hydrogens is 506 g/mol. The Morgan fingerprint density at radius 1 is 1.00 bits per heavy atom. The summed E-state index contributed by atoms with van der Waals surface area (Å²) in [7, 11) is 0. The number of nitrogens with one attached hydrogen (secondary N) is 1. The van der Waals surface area contributed by atoms with E-state index in [1.165, 1.54) is 0 Å². The second kappa shape index (κ2) is 9.30. The molecule has 0 aliphatic rings. The molecule has 0 fully saturated rings. The van der Waals surface area contributed by atoms with E-state index in [9.17, 15) is 36.4 Å². The number of aromatic nitrogens is 4. The van der Waals surface area contributed by atoms with Crippen LogP contribution in [0.5, 0.6) is 0 Å². The van der Waals surface area contributed by atoms with Crippen molar-refractivity contribution >= 4 is 28.5 Å². The Labute approximate surface area is 203 Å². The molecule has 0 aliphatic carbocycles. The summed E-state index contributed by atoms with van der Waals surface area (Å²) in [5.74, 6) is -5.23. The average Bonchev–Trinajstić information content (AvgIpc) is 2.77. The molecule has 4 rings (SSSR count). The third kappa shape index (κ3) is 5.22. The number of nitriles is 1. The molecule has 0 amide bonds. The smallest absolute Gasteiger partial charge is 0.382 e. The van der Waals surface area contributed by atoms with Crippen molar-refractivity contribution in [1.29, 1.82) is 5.26 Å². The molecule has 0 saturated heterocycles. The molecule has 4 aromatic rings. The first-order valence-electron chi connectivity index (χ1n) is 10.2. The van der Waals surface area contributed by atoms with Gasteiger partial charge in [-0.3, -0.25) is 9.36 Å². The number of rotatable bonds is 5. The zero-order valence-electron chi connectivity index (χ0n) is 18.3. The van der Waals surface area contributed by atoms with Crippen molar-refractivity contribution in [1.82, 2.24) is 19.5 Å². The molecule has 15 heteroatoms. The molecule has 0 radical (unpaired) electrons. The predicted molar refractivity (Wildman–Crippen MR) is 120 cm³/mol. The molecule has 37 heavy (non-hydrogen) atoms. The van der Waals surface area contributed by atoms with Gasteiger partial charge in [0.05, 0.1) is 29.1 Å². The van der Waals surface area contributed by atoms with Crippen LogP contribution in [0.1, 0.15) is 23.9 Å². The molecule has 2 aromatic heterocycles. The highest BCUT2D eigenvalue weighted by Crippen LogP contribution is 2.34. The van der Waals surface area contributed by atoms with E-state index in [1.807, 2.05) is 0 Å². The highest BCUT2D eigenvalue weighted by Gasteiger charge is 2.36. The van der Waals surface area contributed by atoms with Gasteiger partial charge in [0.2, 0.25) is 5.95 Å². The maximum Gasteiger partial charge on any atom is 0.391 e. The molecule has 1 atom stereocenters. The number of nitrogens with two attached hydrogens (primary N) is 2. The van der Waals surface area contributed by atoms with Crippen molar-refractivity contribution in [3.63, 3.8) is 0 Å². The Hall–Kier alpha value is -4.87. The van der Waals surface area contributed by atoms with E-state index in [0.717, 1.165) is 18.2 Å². The summed E-state index contributed by atoms with van der Waals surface area (Å²) < 4.78 is 83.6. The summed E-state index contributed by atoms with van der Waals surface area (Å²) in [6.45, 7) is 0. The van der Waals surface area contributed by atoms with Gasteiger partial charge < -0.3 is 16.8 Å². The lowest BCUT2D eigenvalue weighted by Gasteiger charge is -2.24.